The molecule has 8 rings (SSSR count). The van der Waals surface area contributed by atoms with Crippen molar-refractivity contribution in [2.24, 2.45) is 23.7 Å². The van der Waals surface area contributed by atoms with Gasteiger partial charge < -0.3 is 30.0 Å². The molecule has 4 aliphatic heterocycles. The molecule has 0 saturated carbocycles. The summed E-state index contributed by atoms with van der Waals surface area (Å²) < 4.78 is 3.64. The largest absolute Gasteiger partial charge is 0.396 e. The molecule has 12 nitrogen and oxygen atoms in total. The van der Waals surface area contributed by atoms with E-state index < -0.39 is 11.8 Å². The van der Waals surface area contributed by atoms with Crippen LogP contribution in [0.25, 0.3) is 12.2 Å². The molecular weight excluding hydrogens is 781 g/mol. The van der Waals surface area contributed by atoms with Crippen molar-refractivity contribution in [3.63, 3.8) is 0 Å². The molecule has 4 aliphatic rings. The third kappa shape index (κ3) is 8.66. The van der Waals surface area contributed by atoms with E-state index in [0.29, 0.717) is 50.4 Å². The average Bonchev–Trinajstić information content (AvgIpc) is 3.62. The summed E-state index contributed by atoms with van der Waals surface area (Å²) in [5, 5.41) is 26.7. The van der Waals surface area contributed by atoms with Gasteiger partial charge in [-0.2, -0.15) is 0 Å². The number of benzene rings is 2. The smallest absolute Gasteiger partial charge is 0.258 e. The summed E-state index contributed by atoms with van der Waals surface area (Å²) in [5.74, 6) is -1.32. The number of fused-ring (bicyclic) bond motifs is 8. The molecule has 328 valence electrons. The summed E-state index contributed by atoms with van der Waals surface area (Å²) >= 11 is 0. The number of hydrogen-bond acceptors (Lipinski definition) is 8. The molecule has 12 heteroatoms. The number of allylic oxidation sites excluding steroid dienone is 2. The van der Waals surface area contributed by atoms with E-state index in [-0.39, 0.29) is 72.1 Å². The molecular formula is C50H62N6O6. The second-order valence-corrected chi connectivity index (χ2v) is 16.9. The van der Waals surface area contributed by atoms with Gasteiger partial charge in [-0.15, -0.1) is 0 Å². The second-order valence-electron chi connectivity index (χ2n) is 16.9. The van der Waals surface area contributed by atoms with Crippen LogP contribution in [-0.2, 0) is 35.8 Å². The Morgan fingerprint density at radius 1 is 0.613 bits per heavy atom. The lowest BCUT2D eigenvalue weighted by Gasteiger charge is -2.38. The molecule has 4 N–H and O–H groups in total. The molecule has 0 spiro atoms. The van der Waals surface area contributed by atoms with Gasteiger partial charge in [0.15, 0.2) is 0 Å². The Bertz CT molecular complexity index is 2190. The highest BCUT2D eigenvalue weighted by molar-refractivity contribution is 5.81. The van der Waals surface area contributed by atoms with Crippen molar-refractivity contribution in [1.82, 2.24) is 29.6 Å². The van der Waals surface area contributed by atoms with Crippen molar-refractivity contribution < 1.29 is 19.8 Å². The number of pyridine rings is 2. The molecule has 62 heavy (non-hydrogen) atoms. The van der Waals surface area contributed by atoms with E-state index in [0.717, 1.165) is 35.4 Å². The van der Waals surface area contributed by atoms with Crippen LogP contribution in [0, 0.1) is 23.7 Å². The predicted molar refractivity (Wildman–Crippen MR) is 243 cm³/mol. The molecule has 2 saturated heterocycles. The Kier molecular flexibility index (Phi) is 14.5. The van der Waals surface area contributed by atoms with Gasteiger partial charge in [0.1, 0.15) is 0 Å². The maximum atomic E-state index is 13.2. The van der Waals surface area contributed by atoms with Crippen LogP contribution in [0.1, 0.15) is 86.3 Å². The van der Waals surface area contributed by atoms with Crippen LogP contribution in [0.2, 0.25) is 0 Å². The van der Waals surface area contributed by atoms with Crippen molar-refractivity contribution in [1.29, 1.82) is 0 Å². The summed E-state index contributed by atoms with van der Waals surface area (Å²) in [7, 11) is 0. The first-order chi connectivity index (χ1) is 30.2. The monoisotopic (exact) mass is 842 g/mol. The van der Waals surface area contributed by atoms with Gasteiger partial charge in [0.25, 0.3) is 11.1 Å². The first-order valence-corrected chi connectivity index (χ1v) is 22.3. The third-order valence-electron chi connectivity index (χ3n) is 13.2. The lowest BCUT2D eigenvalue weighted by Crippen LogP contribution is -2.46. The van der Waals surface area contributed by atoms with Crippen LogP contribution in [0.4, 0.5) is 0 Å². The van der Waals surface area contributed by atoms with E-state index in [9.17, 15) is 29.4 Å². The number of nitrogens with one attached hydrogen (secondary N) is 2. The standard InChI is InChI=1S/2C25H31N3O3/c2*1-3-8-18-11-12-20-23-22(24(30)26-13-4-2)19(16-29)21(15-28(20)25(18)31)27(23)14-17-9-6-5-7-10-17/h2*3,5-12,19,21-23,29H,4,13-16H2,1-2H3,(H,26,30)/b8-3+;8-3-/t2*19-,21-,22+,23+/m00/s1. The van der Waals surface area contributed by atoms with E-state index in [2.05, 4.69) is 44.7 Å². The van der Waals surface area contributed by atoms with Crippen molar-refractivity contribution in [3.05, 3.63) is 151 Å². The molecule has 0 unspecified atom stereocenters. The van der Waals surface area contributed by atoms with Crippen LogP contribution < -0.4 is 21.8 Å². The zero-order valence-corrected chi connectivity index (χ0v) is 36.4. The topological polar surface area (TPSA) is 149 Å². The fourth-order valence-electron chi connectivity index (χ4n) is 10.4. The summed E-state index contributed by atoms with van der Waals surface area (Å²) in [4.78, 5) is 57.4. The molecule has 0 aliphatic carbocycles. The number of carbonyl (C=O) groups excluding carboxylic acids is 2. The van der Waals surface area contributed by atoms with E-state index >= 15 is 0 Å². The highest BCUT2D eigenvalue weighted by Gasteiger charge is 2.57. The quantitative estimate of drug-likeness (QED) is 0.137. The number of aliphatic hydroxyl groups excluding tert-OH is 2. The highest BCUT2D eigenvalue weighted by Crippen LogP contribution is 2.50. The summed E-state index contributed by atoms with van der Waals surface area (Å²) in [6.45, 7) is 11.2. The number of aromatic nitrogens is 2. The number of nitrogens with zero attached hydrogens (tertiary/aromatic N) is 4. The molecule has 2 fully saturated rings. The van der Waals surface area contributed by atoms with E-state index in [1.165, 1.54) is 0 Å². The van der Waals surface area contributed by atoms with E-state index in [1.807, 2.05) is 122 Å². The normalized spacial score (nSPS) is 25.0. The Balaban J connectivity index is 0.000000186. The zero-order chi connectivity index (χ0) is 43.9. The zero-order valence-electron chi connectivity index (χ0n) is 36.4. The summed E-state index contributed by atoms with van der Waals surface area (Å²) in [5.41, 5.74) is 5.27. The van der Waals surface area contributed by atoms with Gasteiger partial charge >= 0.3 is 0 Å². The number of aliphatic hydroxyl groups is 2. The molecule has 2 aromatic heterocycles. The first kappa shape index (κ1) is 44.6. The van der Waals surface area contributed by atoms with Gasteiger partial charge in [-0.05, 0) is 62.1 Å². The van der Waals surface area contributed by atoms with Gasteiger partial charge in [-0.1, -0.05) is 98.8 Å². The van der Waals surface area contributed by atoms with Crippen LogP contribution in [-0.4, -0.2) is 79.3 Å². The van der Waals surface area contributed by atoms with Gasteiger partial charge in [0.05, 0.1) is 23.9 Å². The third-order valence-corrected chi connectivity index (χ3v) is 13.2. The molecule has 2 amide bonds. The average molecular weight is 843 g/mol. The maximum Gasteiger partial charge on any atom is 0.258 e. The number of amides is 2. The Morgan fingerprint density at radius 3 is 1.34 bits per heavy atom. The van der Waals surface area contributed by atoms with Gasteiger partial charge in [0, 0.05) is 98.9 Å². The van der Waals surface area contributed by atoms with Crippen LogP contribution in [0.15, 0.2) is 107 Å². The minimum atomic E-state index is -0.397. The van der Waals surface area contributed by atoms with E-state index in [4.69, 9.17) is 0 Å². The van der Waals surface area contributed by atoms with Gasteiger partial charge in [0.2, 0.25) is 11.8 Å². The number of carbonyl (C=O) groups is 2. The van der Waals surface area contributed by atoms with Crippen molar-refractivity contribution in [2.75, 3.05) is 26.3 Å². The van der Waals surface area contributed by atoms with Crippen molar-refractivity contribution in [3.8, 4) is 0 Å². The van der Waals surface area contributed by atoms with Crippen LogP contribution in [0.3, 0.4) is 0 Å². The molecule has 4 aromatic rings. The molecule has 8 atom stereocenters. The fraction of sp³-hybridized carbons (Fsp3) is 0.440. The summed E-state index contributed by atoms with van der Waals surface area (Å²) in [6, 6.07) is 27.3. The number of rotatable bonds is 14. The lowest BCUT2D eigenvalue weighted by atomic mass is 9.86. The lowest BCUT2D eigenvalue weighted by molar-refractivity contribution is -0.128. The van der Waals surface area contributed by atoms with Crippen LogP contribution in [0.5, 0.6) is 0 Å². The predicted octanol–water partition coefficient (Wildman–Crippen LogP) is 5.14. The molecule has 0 radical (unpaired) electrons. The minimum absolute atomic E-state index is 0.0312. The van der Waals surface area contributed by atoms with Gasteiger partial charge in [-0.25, -0.2) is 0 Å². The fourth-order valence-corrected chi connectivity index (χ4v) is 10.4. The first-order valence-electron chi connectivity index (χ1n) is 22.3. The number of hydrogen-bond donors (Lipinski definition) is 4. The summed E-state index contributed by atoms with van der Waals surface area (Å²) in [6.07, 6.45) is 9.08. The Labute approximate surface area is 364 Å². The molecule has 2 aromatic carbocycles. The van der Waals surface area contributed by atoms with Crippen molar-refractivity contribution >= 4 is 24.0 Å². The van der Waals surface area contributed by atoms with Crippen LogP contribution >= 0.6 is 0 Å². The molecule has 6 heterocycles. The maximum absolute atomic E-state index is 13.2. The Morgan fingerprint density at radius 2 is 1.00 bits per heavy atom. The second kappa shape index (κ2) is 20.2. The van der Waals surface area contributed by atoms with Gasteiger partial charge in [-0.3, -0.25) is 29.0 Å². The minimum Gasteiger partial charge on any atom is -0.396 e. The molecule has 4 bridgehead atoms. The highest BCUT2D eigenvalue weighted by atomic mass is 16.3. The van der Waals surface area contributed by atoms with Crippen molar-refractivity contribution in [2.45, 2.75) is 90.9 Å². The Hall–Kier alpha value is -5.40. The SMILES string of the molecule is C/C=C/c1ccc2n(c1=O)C[C@H]1[C@H](CO)[C@@H](C(=O)NCCC)[C@@H]2N1Cc1ccccc1.C/C=C\c1ccc2n(c1=O)C[C@H]1[C@H](CO)[C@@H](C(=O)NCCC)[C@@H]2N1Cc1ccccc1. The van der Waals surface area contributed by atoms with E-state index in [1.54, 1.807) is 0 Å².